The molecule has 0 unspecified atom stereocenters. The average Bonchev–Trinajstić information content (AvgIpc) is 3.42. The van der Waals surface area contributed by atoms with Gasteiger partial charge in [-0.2, -0.15) is 0 Å². The van der Waals surface area contributed by atoms with Gasteiger partial charge in [-0.1, -0.05) is 6.07 Å². The maximum atomic E-state index is 12.7. The fourth-order valence-corrected chi connectivity index (χ4v) is 3.95. The van der Waals surface area contributed by atoms with Crippen LogP contribution in [0.2, 0.25) is 0 Å². The van der Waals surface area contributed by atoms with Crippen molar-refractivity contribution in [3.8, 4) is 5.69 Å². The predicted octanol–water partition coefficient (Wildman–Crippen LogP) is 3.18. The number of rotatable bonds is 5. The first kappa shape index (κ1) is 17.7. The standard InChI is InChI=1S/C21H21N3O2S/c25-19(20-4-3-15-27-20)16-22-11-13-24(14-12-22)21(26)17-5-7-18(8-6-17)23-9-1-2-10-23/h1-10,15H,11-14,16H2. The Kier molecular flexibility index (Phi) is 5.18. The molecule has 1 saturated heterocycles. The van der Waals surface area contributed by atoms with Crippen molar-refractivity contribution >= 4 is 23.0 Å². The highest BCUT2D eigenvalue weighted by molar-refractivity contribution is 7.12. The number of aromatic nitrogens is 1. The predicted molar refractivity (Wildman–Crippen MR) is 107 cm³/mol. The van der Waals surface area contributed by atoms with Crippen molar-refractivity contribution in [2.45, 2.75) is 0 Å². The minimum absolute atomic E-state index is 0.0540. The number of amides is 1. The summed E-state index contributed by atoms with van der Waals surface area (Å²) in [6.07, 6.45) is 3.96. The van der Waals surface area contributed by atoms with Gasteiger partial charge in [0.15, 0.2) is 5.78 Å². The molecule has 0 radical (unpaired) electrons. The van der Waals surface area contributed by atoms with E-state index in [1.165, 1.54) is 11.3 Å². The minimum atomic E-state index is 0.0540. The fraction of sp³-hybridized carbons (Fsp3) is 0.238. The van der Waals surface area contributed by atoms with E-state index >= 15 is 0 Å². The second-order valence-electron chi connectivity index (χ2n) is 6.61. The third-order valence-corrected chi connectivity index (χ3v) is 5.75. The van der Waals surface area contributed by atoms with Crippen LogP contribution in [0.5, 0.6) is 0 Å². The number of piperazine rings is 1. The van der Waals surface area contributed by atoms with Crippen molar-refractivity contribution in [3.63, 3.8) is 0 Å². The van der Waals surface area contributed by atoms with Crippen molar-refractivity contribution in [1.82, 2.24) is 14.4 Å². The maximum absolute atomic E-state index is 12.7. The molecule has 5 nitrogen and oxygen atoms in total. The molecule has 3 aromatic rings. The normalized spacial score (nSPS) is 15.0. The summed E-state index contributed by atoms with van der Waals surface area (Å²) in [5, 5.41) is 1.92. The van der Waals surface area contributed by atoms with E-state index in [1.54, 1.807) is 0 Å². The number of benzene rings is 1. The summed E-state index contributed by atoms with van der Waals surface area (Å²) in [7, 11) is 0. The van der Waals surface area contributed by atoms with Crippen LogP contribution in [0.3, 0.4) is 0 Å². The van der Waals surface area contributed by atoms with Gasteiger partial charge in [-0.15, -0.1) is 11.3 Å². The van der Waals surface area contributed by atoms with Gasteiger partial charge in [0.05, 0.1) is 11.4 Å². The first-order valence-electron chi connectivity index (χ1n) is 9.02. The first-order valence-corrected chi connectivity index (χ1v) is 9.90. The van der Waals surface area contributed by atoms with Crippen LogP contribution in [0, 0.1) is 0 Å². The Balaban J connectivity index is 1.32. The van der Waals surface area contributed by atoms with E-state index in [-0.39, 0.29) is 11.7 Å². The highest BCUT2D eigenvalue weighted by atomic mass is 32.1. The van der Waals surface area contributed by atoms with E-state index in [2.05, 4.69) is 4.90 Å². The Morgan fingerprint density at radius 1 is 0.889 bits per heavy atom. The topological polar surface area (TPSA) is 45.6 Å². The van der Waals surface area contributed by atoms with Crippen molar-refractivity contribution in [3.05, 3.63) is 76.7 Å². The smallest absolute Gasteiger partial charge is 0.253 e. The molecule has 3 heterocycles. The van der Waals surface area contributed by atoms with E-state index in [9.17, 15) is 9.59 Å². The average molecular weight is 379 g/mol. The van der Waals surface area contributed by atoms with Crippen LogP contribution >= 0.6 is 11.3 Å². The Morgan fingerprint density at radius 3 is 2.22 bits per heavy atom. The van der Waals surface area contributed by atoms with Gasteiger partial charge in [-0.25, -0.2) is 0 Å². The first-order chi connectivity index (χ1) is 13.2. The molecule has 138 valence electrons. The number of ketones is 1. The molecule has 4 rings (SSSR count). The lowest BCUT2D eigenvalue weighted by Crippen LogP contribution is -2.49. The number of nitrogens with zero attached hydrogens (tertiary/aromatic N) is 3. The zero-order valence-corrected chi connectivity index (χ0v) is 15.8. The van der Waals surface area contributed by atoms with Gasteiger partial charge < -0.3 is 9.47 Å². The van der Waals surface area contributed by atoms with Crippen LogP contribution in [0.1, 0.15) is 20.0 Å². The molecule has 1 aliphatic heterocycles. The van der Waals surface area contributed by atoms with Gasteiger partial charge in [0, 0.05) is 49.8 Å². The number of Topliss-reactive ketones (excluding diaryl/α,β-unsaturated/α-hetero) is 1. The number of hydrogen-bond donors (Lipinski definition) is 0. The molecule has 0 saturated carbocycles. The van der Waals surface area contributed by atoms with Crippen LogP contribution in [-0.4, -0.2) is 58.8 Å². The van der Waals surface area contributed by atoms with E-state index in [0.717, 1.165) is 23.7 Å². The highest BCUT2D eigenvalue weighted by Crippen LogP contribution is 2.15. The van der Waals surface area contributed by atoms with Crippen molar-refractivity contribution in [2.75, 3.05) is 32.7 Å². The minimum Gasteiger partial charge on any atom is -0.336 e. The zero-order chi connectivity index (χ0) is 18.6. The highest BCUT2D eigenvalue weighted by Gasteiger charge is 2.23. The summed E-state index contributed by atoms with van der Waals surface area (Å²) in [6.45, 7) is 3.18. The summed E-state index contributed by atoms with van der Waals surface area (Å²) >= 11 is 1.48. The van der Waals surface area contributed by atoms with Crippen LogP contribution in [-0.2, 0) is 0 Å². The molecule has 27 heavy (non-hydrogen) atoms. The SMILES string of the molecule is O=C(CN1CCN(C(=O)c2ccc(-n3cccc3)cc2)CC1)c1cccs1. The lowest BCUT2D eigenvalue weighted by molar-refractivity contribution is 0.0625. The van der Waals surface area contributed by atoms with Gasteiger partial charge in [0.25, 0.3) is 5.91 Å². The summed E-state index contributed by atoms with van der Waals surface area (Å²) < 4.78 is 2.01. The largest absolute Gasteiger partial charge is 0.336 e. The summed E-state index contributed by atoms with van der Waals surface area (Å²) in [4.78, 5) is 29.8. The van der Waals surface area contributed by atoms with Crippen LogP contribution < -0.4 is 0 Å². The Bertz CT molecular complexity index is 894. The van der Waals surface area contributed by atoms with E-state index < -0.39 is 0 Å². The van der Waals surface area contributed by atoms with Crippen molar-refractivity contribution in [2.24, 2.45) is 0 Å². The molecule has 1 fully saturated rings. The van der Waals surface area contributed by atoms with Crippen LogP contribution in [0.4, 0.5) is 0 Å². The third kappa shape index (κ3) is 4.02. The Labute approximate surface area is 162 Å². The molecule has 2 aromatic heterocycles. The van der Waals surface area contributed by atoms with Gasteiger partial charge in [0.1, 0.15) is 0 Å². The number of hydrogen-bond acceptors (Lipinski definition) is 4. The molecular formula is C21H21N3O2S. The van der Waals surface area contributed by atoms with Gasteiger partial charge >= 0.3 is 0 Å². The zero-order valence-electron chi connectivity index (χ0n) is 15.0. The van der Waals surface area contributed by atoms with Crippen molar-refractivity contribution < 1.29 is 9.59 Å². The molecule has 1 amide bonds. The lowest BCUT2D eigenvalue weighted by Gasteiger charge is -2.34. The number of carbonyl (C=O) groups is 2. The molecule has 0 aliphatic carbocycles. The van der Waals surface area contributed by atoms with Gasteiger partial charge in [0.2, 0.25) is 0 Å². The monoisotopic (exact) mass is 379 g/mol. The summed E-state index contributed by atoms with van der Waals surface area (Å²) in [6, 6.07) is 15.4. The van der Waals surface area contributed by atoms with Crippen molar-refractivity contribution in [1.29, 1.82) is 0 Å². The fourth-order valence-electron chi connectivity index (χ4n) is 3.29. The quantitative estimate of drug-likeness (QED) is 0.640. The molecule has 0 bridgehead atoms. The lowest BCUT2D eigenvalue weighted by atomic mass is 10.1. The summed E-state index contributed by atoms with van der Waals surface area (Å²) in [5.41, 5.74) is 1.74. The summed E-state index contributed by atoms with van der Waals surface area (Å²) in [5.74, 6) is 0.212. The third-order valence-electron chi connectivity index (χ3n) is 4.84. The van der Waals surface area contributed by atoms with Crippen LogP contribution in [0.15, 0.2) is 66.3 Å². The Hall–Kier alpha value is -2.70. The molecule has 1 aliphatic rings. The molecule has 1 aromatic carbocycles. The Morgan fingerprint density at radius 2 is 1.59 bits per heavy atom. The van der Waals surface area contributed by atoms with Crippen LogP contribution in [0.25, 0.3) is 5.69 Å². The molecule has 0 N–H and O–H groups in total. The molecular weight excluding hydrogens is 358 g/mol. The number of carbonyl (C=O) groups excluding carboxylic acids is 2. The molecule has 0 atom stereocenters. The van der Waals surface area contributed by atoms with E-state index in [0.29, 0.717) is 25.2 Å². The molecule has 0 spiro atoms. The number of thiophene rings is 1. The van der Waals surface area contributed by atoms with Gasteiger partial charge in [-0.05, 0) is 47.8 Å². The molecule has 6 heteroatoms. The van der Waals surface area contributed by atoms with Gasteiger partial charge in [-0.3, -0.25) is 14.5 Å². The van der Waals surface area contributed by atoms with E-state index in [4.69, 9.17) is 0 Å². The van der Waals surface area contributed by atoms with E-state index in [1.807, 2.05) is 75.8 Å². The second-order valence-corrected chi connectivity index (χ2v) is 7.55. The second kappa shape index (κ2) is 7.90. The maximum Gasteiger partial charge on any atom is 0.253 e.